The van der Waals surface area contributed by atoms with E-state index < -0.39 is 53.3 Å². The molecule has 1 atom stereocenters. The van der Waals surface area contributed by atoms with Gasteiger partial charge in [-0.25, -0.2) is 19.0 Å². The molecule has 11 nitrogen and oxygen atoms in total. The molecule has 1 fully saturated rings. The first-order valence-electron chi connectivity index (χ1n) is 14.8. The fourth-order valence-electron chi connectivity index (χ4n) is 5.37. The van der Waals surface area contributed by atoms with Crippen LogP contribution in [-0.2, 0) is 19.5 Å². The Hall–Kier alpha value is -4.49. The van der Waals surface area contributed by atoms with Gasteiger partial charge in [0.2, 0.25) is 5.72 Å². The fraction of sp³-hybridized carbons (Fsp3) is 0.394. The van der Waals surface area contributed by atoms with Gasteiger partial charge < -0.3 is 29.2 Å². The number of rotatable bonds is 5. The first-order valence-corrected chi connectivity index (χ1v) is 14.8. The first-order chi connectivity index (χ1) is 21.4. The van der Waals surface area contributed by atoms with Crippen LogP contribution in [-0.4, -0.2) is 58.4 Å². The maximum absolute atomic E-state index is 17.1. The quantitative estimate of drug-likeness (QED) is 0.321. The molecule has 2 aromatic heterocycles. The molecule has 2 N–H and O–H groups in total. The number of nitrogens with zero attached hydrogens (tertiary/aromatic N) is 3. The monoisotopic (exact) mass is 632 g/mol. The summed E-state index contributed by atoms with van der Waals surface area (Å²) in [6.45, 7) is 14.8. The molecule has 1 unspecified atom stereocenters. The van der Waals surface area contributed by atoms with Gasteiger partial charge in [0.1, 0.15) is 11.6 Å². The van der Waals surface area contributed by atoms with Crippen molar-refractivity contribution < 1.29 is 37.9 Å². The minimum absolute atomic E-state index is 0.0524. The van der Waals surface area contributed by atoms with Crippen LogP contribution in [0.3, 0.4) is 0 Å². The van der Waals surface area contributed by atoms with Crippen LogP contribution in [0.1, 0.15) is 61.1 Å². The third kappa shape index (κ3) is 5.69. The molecular formula is C33H38BFN4O7. The van der Waals surface area contributed by atoms with Crippen LogP contribution in [0.4, 0.5) is 19.8 Å². The van der Waals surface area contributed by atoms with E-state index in [9.17, 15) is 14.7 Å². The highest BCUT2D eigenvalue weighted by atomic mass is 19.1. The second-order valence-electron chi connectivity index (χ2n) is 13.4. The van der Waals surface area contributed by atoms with Crippen LogP contribution >= 0.6 is 0 Å². The number of hydrogen-bond acceptors (Lipinski definition) is 9. The Bertz CT molecular complexity index is 1770. The lowest BCUT2D eigenvalue weighted by Gasteiger charge is -2.32. The molecule has 1 saturated heterocycles. The number of aromatic nitrogens is 2. The molecule has 2 aliphatic rings. The van der Waals surface area contributed by atoms with Crippen molar-refractivity contribution in [2.45, 2.75) is 77.7 Å². The van der Waals surface area contributed by atoms with E-state index in [2.05, 4.69) is 10.3 Å². The lowest BCUT2D eigenvalue weighted by Crippen LogP contribution is -2.49. The van der Waals surface area contributed by atoms with Crippen molar-refractivity contribution in [2.75, 3.05) is 12.0 Å². The largest absolute Gasteiger partial charge is 0.497 e. The highest BCUT2D eigenvalue weighted by Crippen LogP contribution is 2.42. The molecule has 0 radical (unpaired) electrons. The van der Waals surface area contributed by atoms with Gasteiger partial charge in [-0.3, -0.25) is 4.98 Å². The highest BCUT2D eigenvalue weighted by molar-refractivity contribution is 6.66. The Morgan fingerprint density at radius 1 is 1.04 bits per heavy atom. The van der Waals surface area contributed by atoms with Crippen molar-refractivity contribution >= 4 is 41.4 Å². The molecule has 46 heavy (non-hydrogen) atoms. The average Bonchev–Trinajstić information content (AvgIpc) is 3.18. The normalized spacial score (nSPS) is 20.0. The Kier molecular flexibility index (Phi) is 8.15. The number of fused-ring (bicyclic) bond motifs is 1. The number of carbonyl (C=O) groups is 2. The number of ether oxygens (including phenoxy) is 2. The van der Waals surface area contributed by atoms with Gasteiger partial charge in [-0.1, -0.05) is 39.0 Å². The molecule has 0 spiro atoms. The maximum Gasteiger partial charge on any atom is 0.497 e. The summed E-state index contributed by atoms with van der Waals surface area (Å²) in [4.78, 5) is 35.8. The topological polar surface area (TPSA) is 132 Å². The molecule has 0 aliphatic carbocycles. The molecule has 2 amide bonds. The van der Waals surface area contributed by atoms with Crippen molar-refractivity contribution in [3.63, 3.8) is 0 Å². The van der Waals surface area contributed by atoms with Crippen LogP contribution in [0.5, 0.6) is 5.75 Å². The number of benzene rings is 1. The summed E-state index contributed by atoms with van der Waals surface area (Å²) in [7, 11) is 0.455. The lowest BCUT2D eigenvalue weighted by atomic mass is 9.69. The van der Waals surface area contributed by atoms with Gasteiger partial charge in [0.15, 0.2) is 5.82 Å². The number of imide groups is 1. The van der Waals surface area contributed by atoms with Crippen molar-refractivity contribution in [3.05, 3.63) is 66.5 Å². The molecule has 242 valence electrons. The van der Waals surface area contributed by atoms with E-state index in [1.54, 1.807) is 49.6 Å². The molecule has 0 bridgehead atoms. The molecule has 4 heterocycles. The Balaban J connectivity index is 1.85. The van der Waals surface area contributed by atoms with Gasteiger partial charge in [-0.2, -0.15) is 4.90 Å². The second kappa shape index (κ2) is 11.4. The number of allylic oxidation sites excluding steroid dienone is 2. The molecule has 5 rings (SSSR count). The fourth-order valence-corrected chi connectivity index (χ4v) is 5.37. The van der Waals surface area contributed by atoms with Crippen LogP contribution in [0.2, 0.25) is 0 Å². The predicted octanol–water partition coefficient (Wildman–Crippen LogP) is 6.05. The van der Waals surface area contributed by atoms with Crippen molar-refractivity contribution in [2.24, 2.45) is 0 Å². The summed E-state index contributed by atoms with van der Waals surface area (Å²) in [6, 6.07) is 4.77. The SMILES string of the molecule is COc1ccncc1-c1ccc2c(B3OC(C)(C)C(C)(C)O3)c(C(C)(C)C)nc(N(C(=O)O)C(=O)OC3(C)C=CC=CN3)c2c1F. The van der Waals surface area contributed by atoms with Crippen LogP contribution in [0.15, 0.2) is 55.0 Å². The Morgan fingerprint density at radius 3 is 2.28 bits per heavy atom. The molecular weight excluding hydrogens is 594 g/mol. The van der Waals surface area contributed by atoms with Gasteiger partial charge in [-0.05, 0) is 58.2 Å². The number of nitrogens with one attached hydrogen (secondary N) is 1. The lowest BCUT2D eigenvalue weighted by molar-refractivity contribution is 0.00578. The Labute approximate surface area is 267 Å². The Morgan fingerprint density at radius 2 is 1.72 bits per heavy atom. The summed E-state index contributed by atoms with van der Waals surface area (Å²) >= 11 is 0. The summed E-state index contributed by atoms with van der Waals surface area (Å²) in [6.07, 6.45) is 6.37. The zero-order valence-electron chi connectivity index (χ0n) is 27.4. The van der Waals surface area contributed by atoms with Crippen LogP contribution in [0, 0.1) is 5.82 Å². The second-order valence-corrected chi connectivity index (χ2v) is 13.4. The summed E-state index contributed by atoms with van der Waals surface area (Å²) < 4.78 is 41.1. The minimum Gasteiger partial charge on any atom is -0.496 e. The van der Waals surface area contributed by atoms with E-state index in [-0.39, 0.29) is 16.3 Å². The number of methoxy groups -OCH3 is 1. The van der Waals surface area contributed by atoms with Crippen molar-refractivity contribution in [1.29, 1.82) is 0 Å². The third-order valence-corrected chi connectivity index (χ3v) is 8.50. The smallest absolute Gasteiger partial charge is 0.496 e. The zero-order chi connectivity index (χ0) is 33.8. The van der Waals surface area contributed by atoms with Crippen LogP contribution in [0.25, 0.3) is 21.9 Å². The van der Waals surface area contributed by atoms with Crippen LogP contribution < -0.4 is 20.4 Å². The summed E-state index contributed by atoms with van der Waals surface area (Å²) in [5.41, 5.74) is -2.49. The first kappa shape index (κ1) is 32.9. The number of anilines is 1. The van der Waals surface area contributed by atoms with E-state index in [0.29, 0.717) is 27.4 Å². The average molecular weight is 632 g/mol. The molecule has 0 saturated carbocycles. The van der Waals surface area contributed by atoms with Gasteiger partial charge in [0.05, 0.1) is 23.7 Å². The van der Waals surface area contributed by atoms with Gasteiger partial charge >= 0.3 is 19.3 Å². The standard InChI is InChI=1S/C33H38BFN4O7/c1-30(2,3)26-24(34-45-31(4,5)32(6,7)46-34)20-13-12-19(21-18-36-17-14-22(21)43-9)25(35)23(20)27(38-26)39(28(40)41)29(42)44-33(8)15-10-11-16-37-33/h10-18,37H,1-9H3,(H,40,41). The van der Waals surface area contributed by atoms with E-state index in [0.717, 1.165) is 0 Å². The number of halogens is 1. The number of pyridine rings is 2. The predicted molar refractivity (Wildman–Crippen MR) is 173 cm³/mol. The number of amides is 2. The molecule has 1 aromatic carbocycles. The number of carbonyl (C=O) groups excluding carboxylic acids is 1. The number of carboxylic acid groups (broad SMARTS) is 1. The maximum atomic E-state index is 17.1. The zero-order valence-corrected chi connectivity index (χ0v) is 27.4. The van der Waals surface area contributed by atoms with E-state index in [4.69, 9.17) is 23.8 Å². The van der Waals surface area contributed by atoms with Gasteiger partial charge in [0.25, 0.3) is 0 Å². The van der Waals surface area contributed by atoms with Gasteiger partial charge in [0, 0.05) is 46.3 Å². The van der Waals surface area contributed by atoms with Crippen molar-refractivity contribution in [1.82, 2.24) is 15.3 Å². The third-order valence-electron chi connectivity index (χ3n) is 8.50. The number of hydrogen-bond donors (Lipinski definition) is 2. The molecule has 3 aromatic rings. The van der Waals surface area contributed by atoms with E-state index in [1.807, 2.05) is 48.5 Å². The summed E-state index contributed by atoms with van der Waals surface area (Å²) in [5, 5.41) is 13.4. The molecule has 13 heteroatoms. The van der Waals surface area contributed by atoms with E-state index >= 15 is 4.39 Å². The minimum atomic E-state index is -1.72. The van der Waals surface area contributed by atoms with Gasteiger partial charge in [-0.15, -0.1) is 0 Å². The molecule has 2 aliphatic heterocycles. The summed E-state index contributed by atoms with van der Waals surface area (Å²) in [5.74, 6) is -0.988. The number of dihydropyridines is 1. The van der Waals surface area contributed by atoms with E-state index in [1.165, 1.54) is 19.5 Å². The highest BCUT2D eigenvalue weighted by Gasteiger charge is 2.54. The van der Waals surface area contributed by atoms with Crippen molar-refractivity contribution in [3.8, 4) is 16.9 Å².